The van der Waals surface area contributed by atoms with E-state index in [0.717, 1.165) is 12.0 Å². The topological polar surface area (TPSA) is 15.3 Å². The summed E-state index contributed by atoms with van der Waals surface area (Å²) in [6, 6.07) is 0.822. The fourth-order valence-electron chi connectivity index (χ4n) is 2.23. The Bertz CT molecular complexity index is 112. The number of nitrogens with zero attached hydrogens (tertiary/aromatic N) is 1. The summed E-state index contributed by atoms with van der Waals surface area (Å²) in [7, 11) is 4.29. The molecule has 2 heteroatoms. The van der Waals surface area contributed by atoms with E-state index < -0.39 is 0 Å². The monoisotopic (exact) mass is 156 g/mol. The van der Waals surface area contributed by atoms with Crippen molar-refractivity contribution in [2.24, 2.45) is 5.92 Å². The molecule has 0 aromatic carbocycles. The zero-order valence-corrected chi connectivity index (χ0v) is 7.93. The molecule has 1 N–H and O–H groups in total. The minimum atomic E-state index is 0.822. The predicted octanol–water partition coefficient (Wildman–Crippen LogP) is 0.936. The van der Waals surface area contributed by atoms with E-state index in [1.165, 1.54) is 25.9 Å². The van der Waals surface area contributed by atoms with Crippen molar-refractivity contribution in [2.45, 2.75) is 25.8 Å². The van der Waals surface area contributed by atoms with Crippen molar-refractivity contribution >= 4 is 0 Å². The van der Waals surface area contributed by atoms with E-state index in [1.54, 1.807) is 0 Å². The van der Waals surface area contributed by atoms with Crippen LogP contribution in [0.25, 0.3) is 0 Å². The molecule has 0 saturated carbocycles. The summed E-state index contributed by atoms with van der Waals surface area (Å²) in [6.45, 7) is 4.75. The van der Waals surface area contributed by atoms with Crippen molar-refractivity contribution in [3.05, 3.63) is 0 Å². The van der Waals surface area contributed by atoms with Crippen LogP contribution >= 0.6 is 0 Å². The summed E-state index contributed by atoms with van der Waals surface area (Å²) in [5.74, 6) is 0.884. The van der Waals surface area contributed by atoms with Crippen molar-refractivity contribution < 1.29 is 0 Å². The maximum atomic E-state index is 3.27. The van der Waals surface area contributed by atoms with Gasteiger partial charge in [-0.3, -0.25) is 0 Å². The Morgan fingerprint density at radius 3 is 2.82 bits per heavy atom. The summed E-state index contributed by atoms with van der Waals surface area (Å²) in [4.78, 5) is 2.49. The van der Waals surface area contributed by atoms with Crippen LogP contribution in [0.1, 0.15) is 19.8 Å². The maximum absolute atomic E-state index is 3.27. The SMILES string of the molecule is CCC1C(CNC)CCN1C. The fourth-order valence-corrected chi connectivity index (χ4v) is 2.23. The third kappa shape index (κ3) is 1.94. The van der Waals surface area contributed by atoms with Crippen LogP contribution < -0.4 is 5.32 Å². The molecule has 1 aliphatic rings. The second-order valence-corrected chi connectivity index (χ2v) is 3.56. The van der Waals surface area contributed by atoms with Gasteiger partial charge in [-0.1, -0.05) is 6.92 Å². The third-order valence-electron chi connectivity index (χ3n) is 2.85. The van der Waals surface area contributed by atoms with E-state index in [-0.39, 0.29) is 0 Å². The molecule has 0 aromatic heterocycles. The van der Waals surface area contributed by atoms with Crippen molar-refractivity contribution in [1.29, 1.82) is 0 Å². The Hall–Kier alpha value is -0.0800. The molecular formula is C9H20N2. The second kappa shape index (κ2) is 4.07. The number of likely N-dealkylation sites (tertiary alicyclic amines) is 1. The quantitative estimate of drug-likeness (QED) is 0.654. The largest absolute Gasteiger partial charge is 0.319 e. The lowest BCUT2D eigenvalue weighted by Gasteiger charge is -2.23. The van der Waals surface area contributed by atoms with Crippen molar-refractivity contribution in [3.63, 3.8) is 0 Å². The van der Waals surface area contributed by atoms with Gasteiger partial charge in [0.1, 0.15) is 0 Å². The predicted molar refractivity (Wildman–Crippen MR) is 48.7 cm³/mol. The molecule has 2 unspecified atom stereocenters. The first-order chi connectivity index (χ1) is 5.29. The van der Waals surface area contributed by atoms with Crippen LogP contribution in [0.5, 0.6) is 0 Å². The highest BCUT2D eigenvalue weighted by molar-refractivity contribution is 4.84. The highest BCUT2D eigenvalue weighted by Gasteiger charge is 2.29. The lowest BCUT2D eigenvalue weighted by atomic mass is 9.98. The second-order valence-electron chi connectivity index (χ2n) is 3.56. The molecule has 2 nitrogen and oxygen atoms in total. The smallest absolute Gasteiger partial charge is 0.0130 e. The van der Waals surface area contributed by atoms with E-state index in [4.69, 9.17) is 0 Å². The Labute approximate surface area is 70.0 Å². The van der Waals surface area contributed by atoms with Crippen molar-refractivity contribution in [3.8, 4) is 0 Å². The first kappa shape index (κ1) is 9.01. The van der Waals surface area contributed by atoms with Crippen LogP contribution in [0.4, 0.5) is 0 Å². The molecule has 0 radical (unpaired) electrons. The van der Waals surface area contributed by atoms with Gasteiger partial charge in [-0.25, -0.2) is 0 Å². The molecule has 1 rings (SSSR count). The molecule has 0 bridgehead atoms. The average molecular weight is 156 g/mol. The van der Waals surface area contributed by atoms with Gasteiger partial charge in [0.2, 0.25) is 0 Å². The van der Waals surface area contributed by atoms with Gasteiger partial charge in [-0.05, 0) is 45.9 Å². The van der Waals surface area contributed by atoms with Crippen LogP contribution in [0.15, 0.2) is 0 Å². The minimum Gasteiger partial charge on any atom is -0.319 e. The molecule has 0 spiro atoms. The highest BCUT2D eigenvalue weighted by atomic mass is 15.2. The van der Waals surface area contributed by atoms with E-state index >= 15 is 0 Å². The van der Waals surface area contributed by atoms with Crippen LogP contribution in [0, 0.1) is 5.92 Å². The Kier molecular flexibility index (Phi) is 3.34. The van der Waals surface area contributed by atoms with Gasteiger partial charge in [0.15, 0.2) is 0 Å². The van der Waals surface area contributed by atoms with Gasteiger partial charge < -0.3 is 10.2 Å². The average Bonchev–Trinajstić information content (AvgIpc) is 2.33. The molecule has 0 aliphatic carbocycles. The first-order valence-corrected chi connectivity index (χ1v) is 4.64. The molecule has 11 heavy (non-hydrogen) atoms. The summed E-state index contributed by atoms with van der Waals surface area (Å²) in [6.07, 6.45) is 2.67. The summed E-state index contributed by atoms with van der Waals surface area (Å²) in [5, 5.41) is 3.27. The molecular weight excluding hydrogens is 136 g/mol. The van der Waals surface area contributed by atoms with Gasteiger partial charge in [0.25, 0.3) is 0 Å². The summed E-state index contributed by atoms with van der Waals surface area (Å²) >= 11 is 0. The molecule has 66 valence electrons. The zero-order chi connectivity index (χ0) is 8.27. The molecule has 1 saturated heterocycles. The van der Waals surface area contributed by atoms with Gasteiger partial charge >= 0.3 is 0 Å². The molecule has 2 atom stereocenters. The standard InChI is InChI=1S/C9H20N2/c1-4-9-8(7-10-2)5-6-11(9)3/h8-10H,4-7H2,1-3H3. The summed E-state index contributed by atoms with van der Waals surface area (Å²) in [5.41, 5.74) is 0. The van der Waals surface area contributed by atoms with Crippen molar-refractivity contribution in [1.82, 2.24) is 10.2 Å². The fraction of sp³-hybridized carbons (Fsp3) is 1.00. The first-order valence-electron chi connectivity index (χ1n) is 4.64. The normalized spacial score (nSPS) is 33.0. The number of nitrogens with one attached hydrogen (secondary N) is 1. The number of hydrogen-bond acceptors (Lipinski definition) is 2. The van der Waals surface area contributed by atoms with Gasteiger partial charge in [0.05, 0.1) is 0 Å². The van der Waals surface area contributed by atoms with Crippen LogP contribution in [-0.4, -0.2) is 38.1 Å². The van der Waals surface area contributed by atoms with Gasteiger partial charge in [-0.15, -0.1) is 0 Å². The molecule has 0 amide bonds. The van der Waals surface area contributed by atoms with Crippen molar-refractivity contribution in [2.75, 3.05) is 27.2 Å². The number of rotatable bonds is 3. The molecule has 1 aliphatic heterocycles. The highest BCUT2D eigenvalue weighted by Crippen LogP contribution is 2.24. The van der Waals surface area contributed by atoms with Gasteiger partial charge in [0, 0.05) is 6.04 Å². The van der Waals surface area contributed by atoms with E-state index in [1.807, 2.05) is 7.05 Å². The van der Waals surface area contributed by atoms with E-state index in [0.29, 0.717) is 0 Å². The van der Waals surface area contributed by atoms with Gasteiger partial charge in [-0.2, -0.15) is 0 Å². The molecule has 0 aromatic rings. The lowest BCUT2D eigenvalue weighted by molar-refractivity contribution is 0.262. The molecule has 1 fully saturated rings. The maximum Gasteiger partial charge on any atom is 0.0130 e. The minimum absolute atomic E-state index is 0.822. The van der Waals surface area contributed by atoms with Crippen LogP contribution in [0.2, 0.25) is 0 Å². The summed E-state index contributed by atoms with van der Waals surface area (Å²) < 4.78 is 0. The zero-order valence-electron chi connectivity index (χ0n) is 7.93. The van der Waals surface area contributed by atoms with E-state index in [9.17, 15) is 0 Å². The third-order valence-corrected chi connectivity index (χ3v) is 2.85. The lowest BCUT2D eigenvalue weighted by Crippen LogP contribution is -2.32. The Morgan fingerprint density at radius 1 is 1.55 bits per heavy atom. The Balaban J connectivity index is 2.40. The molecule has 1 heterocycles. The van der Waals surface area contributed by atoms with E-state index in [2.05, 4.69) is 24.2 Å². The Morgan fingerprint density at radius 2 is 2.27 bits per heavy atom. The number of hydrogen-bond donors (Lipinski definition) is 1. The van der Waals surface area contributed by atoms with Crippen LogP contribution in [0.3, 0.4) is 0 Å². The van der Waals surface area contributed by atoms with Crippen LogP contribution in [-0.2, 0) is 0 Å².